The van der Waals surface area contributed by atoms with Crippen molar-refractivity contribution in [3.05, 3.63) is 15.9 Å². The summed E-state index contributed by atoms with van der Waals surface area (Å²) in [5.41, 5.74) is 1.96. The maximum absolute atomic E-state index is 11.6. The Morgan fingerprint density at radius 3 is 2.88 bits per heavy atom. The van der Waals surface area contributed by atoms with Gasteiger partial charge in [0, 0.05) is 13.6 Å². The molecule has 1 aromatic rings. The molecule has 1 aliphatic rings. The molecule has 1 fully saturated rings. The van der Waals surface area contributed by atoms with Crippen molar-refractivity contribution in [3.63, 3.8) is 0 Å². The molecule has 0 aromatic carbocycles. The number of hydrogen-bond donors (Lipinski definition) is 0. The first-order valence-corrected chi connectivity index (χ1v) is 5.92. The molecule has 0 saturated carbocycles. The fourth-order valence-electron chi connectivity index (χ4n) is 1.75. The maximum Gasteiger partial charge on any atom is 0.249 e. The van der Waals surface area contributed by atoms with Gasteiger partial charge in [0.2, 0.25) is 5.91 Å². The van der Waals surface area contributed by atoms with Crippen LogP contribution >= 0.6 is 15.9 Å². The number of carbonyl (C=O) groups is 1. The number of amides is 1. The molecule has 2 heterocycles. The van der Waals surface area contributed by atoms with Crippen LogP contribution in [0.2, 0.25) is 0 Å². The third-order valence-corrected chi connectivity index (χ3v) is 3.72. The lowest BCUT2D eigenvalue weighted by Gasteiger charge is -2.26. The summed E-state index contributed by atoms with van der Waals surface area (Å²) in [4.78, 5) is 13.4. The van der Waals surface area contributed by atoms with Crippen molar-refractivity contribution >= 4 is 21.8 Å². The van der Waals surface area contributed by atoms with Gasteiger partial charge in [-0.15, -0.1) is 0 Å². The Kier molecular flexibility index (Phi) is 3.30. The molecule has 16 heavy (non-hydrogen) atoms. The summed E-state index contributed by atoms with van der Waals surface area (Å²) in [5.74, 6) is 0.0389. The predicted molar refractivity (Wildman–Crippen MR) is 61.9 cm³/mol. The van der Waals surface area contributed by atoms with Crippen molar-refractivity contribution in [3.8, 4) is 0 Å². The molecule has 6 heteroatoms. The maximum atomic E-state index is 11.6. The van der Waals surface area contributed by atoms with E-state index in [2.05, 4.69) is 21.0 Å². The SMILES string of the molecule is Cc1nn(C)c(CN2CCOCC2=O)c1Br. The molecule has 0 bridgehead atoms. The molecular weight excluding hydrogens is 274 g/mol. The molecule has 0 radical (unpaired) electrons. The van der Waals surface area contributed by atoms with Gasteiger partial charge in [0.25, 0.3) is 0 Å². The van der Waals surface area contributed by atoms with Crippen LogP contribution < -0.4 is 0 Å². The van der Waals surface area contributed by atoms with Crippen LogP contribution in [0.1, 0.15) is 11.4 Å². The summed E-state index contributed by atoms with van der Waals surface area (Å²) in [7, 11) is 1.89. The Bertz CT molecular complexity index is 416. The van der Waals surface area contributed by atoms with Crippen LogP contribution in [0.5, 0.6) is 0 Å². The number of rotatable bonds is 2. The van der Waals surface area contributed by atoms with Crippen molar-refractivity contribution in [2.24, 2.45) is 7.05 Å². The van der Waals surface area contributed by atoms with Crippen molar-refractivity contribution in [1.29, 1.82) is 0 Å². The summed E-state index contributed by atoms with van der Waals surface area (Å²) in [5, 5.41) is 4.30. The highest BCUT2D eigenvalue weighted by molar-refractivity contribution is 9.10. The quantitative estimate of drug-likeness (QED) is 0.810. The Hall–Kier alpha value is -0.880. The first-order chi connectivity index (χ1) is 7.59. The summed E-state index contributed by atoms with van der Waals surface area (Å²) < 4.78 is 7.88. The van der Waals surface area contributed by atoms with E-state index >= 15 is 0 Å². The molecule has 0 N–H and O–H groups in total. The monoisotopic (exact) mass is 287 g/mol. The second kappa shape index (κ2) is 4.55. The summed E-state index contributed by atoms with van der Waals surface area (Å²) >= 11 is 3.50. The molecule has 0 unspecified atom stereocenters. The average Bonchev–Trinajstić information content (AvgIpc) is 2.48. The molecule has 0 spiro atoms. The van der Waals surface area contributed by atoms with Crippen LogP contribution in [-0.4, -0.2) is 40.3 Å². The normalized spacial score (nSPS) is 16.9. The lowest BCUT2D eigenvalue weighted by Crippen LogP contribution is -2.41. The van der Waals surface area contributed by atoms with E-state index < -0.39 is 0 Å². The van der Waals surface area contributed by atoms with E-state index in [1.165, 1.54) is 0 Å². The highest BCUT2D eigenvalue weighted by Crippen LogP contribution is 2.22. The van der Waals surface area contributed by atoms with Crippen LogP contribution in [0, 0.1) is 6.92 Å². The summed E-state index contributed by atoms with van der Waals surface area (Å²) in [6, 6.07) is 0. The molecule has 1 aromatic heterocycles. The van der Waals surface area contributed by atoms with E-state index in [0.717, 1.165) is 15.9 Å². The van der Waals surface area contributed by atoms with Gasteiger partial charge in [-0.1, -0.05) is 0 Å². The smallest absolute Gasteiger partial charge is 0.249 e. The largest absolute Gasteiger partial charge is 0.370 e. The minimum absolute atomic E-state index is 0.0389. The van der Waals surface area contributed by atoms with E-state index in [9.17, 15) is 4.79 Å². The zero-order valence-electron chi connectivity index (χ0n) is 9.36. The zero-order chi connectivity index (χ0) is 11.7. The van der Waals surface area contributed by atoms with Crippen molar-refractivity contribution in [1.82, 2.24) is 14.7 Å². The lowest BCUT2D eigenvalue weighted by molar-refractivity contribution is -0.143. The van der Waals surface area contributed by atoms with Gasteiger partial charge < -0.3 is 9.64 Å². The molecule has 88 valence electrons. The highest BCUT2D eigenvalue weighted by atomic mass is 79.9. The number of halogens is 1. The van der Waals surface area contributed by atoms with Gasteiger partial charge in [-0.3, -0.25) is 9.48 Å². The molecule has 2 rings (SSSR count). The van der Waals surface area contributed by atoms with Crippen LogP contribution in [0.25, 0.3) is 0 Å². The molecule has 1 saturated heterocycles. The molecule has 1 amide bonds. The Labute approximate surface area is 102 Å². The van der Waals surface area contributed by atoms with Crippen LogP contribution in [0.4, 0.5) is 0 Å². The minimum atomic E-state index is 0.0389. The summed E-state index contributed by atoms with van der Waals surface area (Å²) in [6.07, 6.45) is 0. The van der Waals surface area contributed by atoms with Gasteiger partial charge in [-0.25, -0.2) is 0 Å². The molecular formula is C10H14BrN3O2. The van der Waals surface area contributed by atoms with Crippen LogP contribution in [0.3, 0.4) is 0 Å². The third-order valence-electron chi connectivity index (χ3n) is 2.69. The Morgan fingerprint density at radius 2 is 2.31 bits per heavy atom. The third kappa shape index (κ3) is 2.12. The van der Waals surface area contributed by atoms with E-state index in [1.54, 1.807) is 4.90 Å². The first kappa shape index (κ1) is 11.6. The number of ether oxygens (including phenoxy) is 1. The lowest BCUT2D eigenvalue weighted by atomic mass is 10.3. The Balaban J connectivity index is 2.16. The van der Waals surface area contributed by atoms with Gasteiger partial charge in [0.1, 0.15) is 6.61 Å². The predicted octanol–water partition coefficient (Wildman–Crippen LogP) is 0.850. The number of carbonyl (C=O) groups excluding carboxylic acids is 1. The van der Waals surface area contributed by atoms with Gasteiger partial charge in [0.15, 0.2) is 0 Å². The minimum Gasteiger partial charge on any atom is -0.370 e. The van der Waals surface area contributed by atoms with E-state index in [-0.39, 0.29) is 12.5 Å². The Morgan fingerprint density at radius 1 is 1.56 bits per heavy atom. The number of morpholine rings is 1. The number of hydrogen-bond acceptors (Lipinski definition) is 3. The molecule has 0 atom stereocenters. The first-order valence-electron chi connectivity index (χ1n) is 5.13. The number of aromatic nitrogens is 2. The molecule has 5 nitrogen and oxygen atoms in total. The average molecular weight is 288 g/mol. The fraction of sp³-hybridized carbons (Fsp3) is 0.600. The van der Waals surface area contributed by atoms with Gasteiger partial charge in [0.05, 0.1) is 29.0 Å². The van der Waals surface area contributed by atoms with Gasteiger partial charge in [-0.05, 0) is 22.9 Å². The van der Waals surface area contributed by atoms with Crippen molar-refractivity contribution in [2.45, 2.75) is 13.5 Å². The zero-order valence-corrected chi connectivity index (χ0v) is 11.0. The highest BCUT2D eigenvalue weighted by Gasteiger charge is 2.21. The number of nitrogens with zero attached hydrogens (tertiary/aromatic N) is 3. The van der Waals surface area contributed by atoms with E-state index in [0.29, 0.717) is 19.7 Å². The van der Waals surface area contributed by atoms with Gasteiger partial charge in [-0.2, -0.15) is 5.10 Å². The number of aryl methyl sites for hydroxylation is 2. The molecule has 0 aliphatic carbocycles. The van der Waals surface area contributed by atoms with Crippen LogP contribution in [0.15, 0.2) is 4.47 Å². The van der Waals surface area contributed by atoms with Gasteiger partial charge >= 0.3 is 0 Å². The standard InChI is InChI=1S/C10H14BrN3O2/c1-7-10(11)8(13(2)12-7)5-14-3-4-16-6-9(14)15/h3-6H2,1-2H3. The second-order valence-corrected chi connectivity index (χ2v) is 4.63. The van der Waals surface area contributed by atoms with Crippen LogP contribution in [-0.2, 0) is 23.1 Å². The van der Waals surface area contributed by atoms with Crippen molar-refractivity contribution in [2.75, 3.05) is 19.8 Å². The fourth-order valence-corrected chi connectivity index (χ4v) is 2.21. The van der Waals surface area contributed by atoms with Crippen molar-refractivity contribution < 1.29 is 9.53 Å². The molecule has 1 aliphatic heterocycles. The summed E-state index contributed by atoms with van der Waals surface area (Å²) in [6.45, 7) is 3.97. The second-order valence-electron chi connectivity index (χ2n) is 3.84. The van der Waals surface area contributed by atoms with E-state index in [1.807, 2.05) is 18.7 Å². The van der Waals surface area contributed by atoms with E-state index in [4.69, 9.17) is 4.74 Å². The topological polar surface area (TPSA) is 47.4 Å².